The van der Waals surface area contributed by atoms with E-state index in [0.29, 0.717) is 0 Å². The van der Waals surface area contributed by atoms with E-state index in [1.54, 1.807) is 0 Å². The first kappa shape index (κ1) is 15.2. The second-order valence-electron chi connectivity index (χ2n) is 5.34. The molecule has 0 bridgehead atoms. The minimum Gasteiger partial charge on any atom is -0.457 e. The zero-order chi connectivity index (χ0) is 15.1. The maximum Gasteiger partial charge on any atom is 0.127 e. The molecule has 0 radical (unpaired) electrons. The summed E-state index contributed by atoms with van der Waals surface area (Å²) in [5, 5.41) is 0. The maximum atomic E-state index is 6.05. The first-order valence-electron chi connectivity index (χ1n) is 7.61. The van der Waals surface area contributed by atoms with Gasteiger partial charge in [-0.05, 0) is 60.9 Å². The average Bonchev–Trinajstić information content (AvgIpc) is 2.49. The second-order valence-corrected chi connectivity index (χ2v) is 5.34. The molecule has 0 spiro atoms. The van der Waals surface area contributed by atoms with Gasteiger partial charge in [-0.25, -0.2) is 0 Å². The highest BCUT2D eigenvalue weighted by atomic mass is 16.5. The standard InChI is InChI=1S/C18H24N2O/c1-2-3-4-5-6-14-13-17(11-12-18(14)20)21-16-9-7-15(19)8-10-16/h7-13H,2-6,19-20H2,1H3. The van der Waals surface area contributed by atoms with Gasteiger partial charge in [0.2, 0.25) is 0 Å². The summed E-state index contributed by atoms with van der Waals surface area (Å²) in [7, 11) is 0. The molecule has 0 amide bonds. The third-order valence-corrected chi connectivity index (χ3v) is 3.53. The molecule has 0 saturated carbocycles. The molecule has 0 fully saturated rings. The maximum absolute atomic E-state index is 6.05. The van der Waals surface area contributed by atoms with Gasteiger partial charge in [0.15, 0.2) is 0 Å². The molecule has 0 aromatic heterocycles. The van der Waals surface area contributed by atoms with Gasteiger partial charge in [0.25, 0.3) is 0 Å². The smallest absolute Gasteiger partial charge is 0.127 e. The Morgan fingerprint density at radius 2 is 1.57 bits per heavy atom. The molecule has 0 heterocycles. The summed E-state index contributed by atoms with van der Waals surface area (Å²) < 4.78 is 5.85. The fourth-order valence-electron chi connectivity index (χ4n) is 2.28. The Balaban J connectivity index is 2.01. The highest BCUT2D eigenvalue weighted by Crippen LogP contribution is 2.26. The number of anilines is 2. The van der Waals surface area contributed by atoms with E-state index in [0.717, 1.165) is 29.3 Å². The molecule has 0 aliphatic rings. The molecule has 0 aliphatic carbocycles. The molecule has 4 N–H and O–H groups in total. The summed E-state index contributed by atoms with van der Waals surface area (Å²) in [6.45, 7) is 2.22. The van der Waals surface area contributed by atoms with Crippen LogP contribution in [0.3, 0.4) is 0 Å². The van der Waals surface area contributed by atoms with Crippen LogP contribution in [0.4, 0.5) is 11.4 Å². The fraction of sp³-hybridized carbons (Fsp3) is 0.333. The lowest BCUT2D eigenvalue weighted by molar-refractivity contribution is 0.482. The number of nitrogen functional groups attached to an aromatic ring is 2. The van der Waals surface area contributed by atoms with E-state index in [1.165, 1.54) is 31.2 Å². The van der Waals surface area contributed by atoms with Gasteiger partial charge in [-0.15, -0.1) is 0 Å². The normalized spacial score (nSPS) is 10.5. The summed E-state index contributed by atoms with van der Waals surface area (Å²) in [5.74, 6) is 1.60. The van der Waals surface area contributed by atoms with Crippen LogP contribution in [0.2, 0.25) is 0 Å². The highest BCUT2D eigenvalue weighted by Gasteiger charge is 2.03. The molecule has 0 unspecified atom stereocenters. The summed E-state index contributed by atoms with van der Waals surface area (Å²) in [4.78, 5) is 0. The number of rotatable bonds is 7. The molecule has 0 aliphatic heterocycles. The fourth-order valence-corrected chi connectivity index (χ4v) is 2.28. The molecule has 112 valence electrons. The Morgan fingerprint density at radius 1 is 0.857 bits per heavy atom. The number of benzene rings is 2. The van der Waals surface area contributed by atoms with E-state index in [4.69, 9.17) is 16.2 Å². The average molecular weight is 284 g/mol. The molecular weight excluding hydrogens is 260 g/mol. The first-order valence-corrected chi connectivity index (χ1v) is 7.61. The van der Waals surface area contributed by atoms with Crippen molar-refractivity contribution in [1.82, 2.24) is 0 Å². The molecule has 2 aromatic carbocycles. The van der Waals surface area contributed by atoms with Gasteiger partial charge in [0, 0.05) is 11.4 Å². The summed E-state index contributed by atoms with van der Waals surface area (Å²) >= 11 is 0. The number of aryl methyl sites for hydroxylation is 1. The number of hydrogen-bond donors (Lipinski definition) is 2. The first-order chi connectivity index (χ1) is 10.2. The van der Waals surface area contributed by atoms with Crippen LogP contribution in [-0.2, 0) is 6.42 Å². The van der Waals surface area contributed by atoms with E-state index in [-0.39, 0.29) is 0 Å². The Bertz CT molecular complexity index is 564. The minimum absolute atomic E-state index is 0.733. The van der Waals surface area contributed by atoms with Crippen molar-refractivity contribution < 1.29 is 4.74 Å². The van der Waals surface area contributed by atoms with E-state index in [9.17, 15) is 0 Å². The minimum atomic E-state index is 0.733. The van der Waals surface area contributed by atoms with Gasteiger partial charge in [-0.2, -0.15) is 0 Å². The third kappa shape index (κ3) is 4.71. The predicted octanol–water partition coefficient (Wildman–Crippen LogP) is 4.77. The van der Waals surface area contributed by atoms with Crippen LogP contribution >= 0.6 is 0 Å². The Kier molecular flexibility index (Phi) is 5.50. The predicted molar refractivity (Wildman–Crippen MR) is 89.6 cm³/mol. The second kappa shape index (κ2) is 7.58. The third-order valence-electron chi connectivity index (χ3n) is 3.53. The monoisotopic (exact) mass is 284 g/mol. The number of ether oxygens (including phenoxy) is 1. The molecule has 3 nitrogen and oxygen atoms in total. The molecule has 0 saturated heterocycles. The quantitative estimate of drug-likeness (QED) is 0.569. The van der Waals surface area contributed by atoms with Crippen molar-refractivity contribution in [2.75, 3.05) is 11.5 Å². The lowest BCUT2D eigenvalue weighted by atomic mass is 10.0. The van der Waals surface area contributed by atoms with Gasteiger partial charge in [0.05, 0.1) is 0 Å². The summed E-state index contributed by atoms with van der Waals surface area (Å²) in [6, 6.07) is 13.3. The van der Waals surface area contributed by atoms with Crippen LogP contribution in [0, 0.1) is 0 Å². The van der Waals surface area contributed by atoms with Crippen LogP contribution in [0.1, 0.15) is 38.2 Å². The lowest BCUT2D eigenvalue weighted by Gasteiger charge is -2.10. The topological polar surface area (TPSA) is 61.3 Å². The van der Waals surface area contributed by atoms with Gasteiger partial charge in [-0.1, -0.05) is 26.2 Å². The van der Waals surface area contributed by atoms with Crippen molar-refractivity contribution in [3.8, 4) is 11.5 Å². The van der Waals surface area contributed by atoms with Gasteiger partial charge < -0.3 is 16.2 Å². The Labute approximate surface area is 126 Å². The summed E-state index contributed by atoms with van der Waals surface area (Å²) in [6.07, 6.45) is 5.95. The molecule has 0 atom stereocenters. The van der Waals surface area contributed by atoms with Crippen LogP contribution in [0.5, 0.6) is 11.5 Å². The number of nitrogens with two attached hydrogens (primary N) is 2. The number of hydrogen-bond acceptors (Lipinski definition) is 3. The van der Waals surface area contributed by atoms with Crippen molar-refractivity contribution in [3.05, 3.63) is 48.0 Å². The van der Waals surface area contributed by atoms with Crippen molar-refractivity contribution in [3.63, 3.8) is 0 Å². The van der Waals surface area contributed by atoms with Crippen LogP contribution < -0.4 is 16.2 Å². The largest absolute Gasteiger partial charge is 0.457 e. The molecule has 3 heteroatoms. The zero-order valence-corrected chi connectivity index (χ0v) is 12.6. The van der Waals surface area contributed by atoms with E-state index >= 15 is 0 Å². The van der Waals surface area contributed by atoms with Crippen molar-refractivity contribution >= 4 is 11.4 Å². The molecular formula is C18H24N2O. The van der Waals surface area contributed by atoms with Gasteiger partial charge in [0.1, 0.15) is 11.5 Å². The number of unbranched alkanes of at least 4 members (excludes halogenated alkanes) is 3. The Hall–Kier alpha value is -2.16. The lowest BCUT2D eigenvalue weighted by Crippen LogP contribution is -1.96. The Morgan fingerprint density at radius 3 is 2.29 bits per heavy atom. The van der Waals surface area contributed by atoms with E-state index in [2.05, 4.69) is 6.92 Å². The van der Waals surface area contributed by atoms with Crippen molar-refractivity contribution in [2.24, 2.45) is 0 Å². The highest BCUT2D eigenvalue weighted by molar-refractivity contribution is 5.51. The van der Waals surface area contributed by atoms with E-state index < -0.39 is 0 Å². The van der Waals surface area contributed by atoms with Crippen LogP contribution in [0.15, 0.2) is 42.5 Å². The van der Waals surface area contributed by atoms with Crippen LogP contribution in [0.25, 0.3) is 0 Å². The van der Waals surface area contributed by atoms with Crippen LogP contribution in [-0.4, -0.2) is 0 Å². The van der Waals surface area contributed by atoms with Gasteiger partial charge >= 0.3 is 0 Å². The van der Waals surface area contributed by atoms with Gasteiger partial charge in [-0.3, -0.25) is 0 Å². The SMILES string of the molecule is CCCCCCc1cc(Oc2ccc(N)cc2)ccc1N. The molecule has 21 heavy (non-hydrogen) atoms. The zero-order valence-electron chi connectivity index (χ0n) is 12.6. The van der Waals surface area contributed by atoms with Crippen molar-refractivity contribution in [1.29, 1.82) is 0 Å². The van der Waals surface area contributed by atoms with E-state index in [1.807, 2.05) is 42.5 Å². The van der Waals surface area contributed by atoms with Crippen molar-refractivity contribution in [2.45, 2.75) is 39.0 Å². The summed E-state index contributed by atoms with van der Waals surface area (Å²) in [5.41, 5.74) is 14.5. The molecule has 2 rings (SSSR count). The molecule has 2 aromatic rings.